The van der Waals surface area contributed by atoms with Crippen LogP contribution >= 0.6 is 0 Å². The number of hydrogen-bond donors (Lipinski definition) is 0. The highest BCUT2D eigenvalue weighted by Gasteiger charge is 2.17. The summed E-state index contributed by atoms with van der Waals surface area (Å²) in [7, 11) is 0. The molecular weight excluding hydrogens is 222 g/mol. The Morgan fingerprint density at radius 1 is 1.29 bits per heavy atom. The smallest absolute Gasteiger partial charge is 0.183 e. The highest BCUT2D eigenvalue weighted by atomic mass is 19.2. The van der Waals surface area contributed by atoms with E-state index in [0.29, 0.717) is 19.0 Å². The first kappa shape index (κ1) is 13.4. The zero-order chi connectivity index (χ0) is 13.0. The number of anilines is 1. The molecule has 0 bridgehead atoms. The van der Waals surface area contributed by atoms with E-state index in [9.17, 15) is 8.78 Å². The summed E-state index contributed by atoms with van der Waals surface area (Å²) in [4.78, 5) is 1.77. The molecule has 0 atom stereocenters. The lowest BCUT2D eigenvalue weighted by atomic mass is 10.1. The molecule has 1 aromatic rings. The second kappa shape index (κ2) is 5.62. The van der Waals surface area contributed by atoms with E-state index in [2.05, 4.69) is 0 Å². The van der Waals surface area contributed by atoms with Crippen LogP contribution in [-0.4, -0.2) is 13.1 Å². The third-order valence-electron chi connectivity index (χ3n) is 2.49. The molecule has 0 radical (unpaired) electrons. The van der Waals surface area contributed by atoms with Crippen LogP contribution in [0.1, 0.15) is 26.3 Å². The predicted octanol–water partition coefficient (Wildman–Crippen LogP) is 3.32. The minimum Gasteiger partial charge on any atom is -0.369 e. The summed E-state index contributed by atoms with van der Waals surface area (Å²) in [5.74, 6) is -1.65. The van der Waals surface area contributed by atoms with Crippen LogP contribution in [0, 0.1) is 28.9 Å². The fraction of sp³-hybridized carbons (Fsp3) is 0.462. The maximum atomic E-state index is 13.8. The second-order valence-corrected chi connectivity index (χ2v) is 4.30. The topological polar surface area (TPSA) is 27.0 Å². The van der Waals surface area contributed by atoms with E-state index in [-0.39, 0.29) is 11.3 Å². The van der Waals surface area contributed by atoms with Crippen LogP contribution in [0.5, 0.6) is 0 Å². The number of halogens is 2. The Morgan fingerprint density at radius 2 is 1.94 bits per heavy atom. The lowest BCUT2D eigenvalue weighted by Gasteiger charge is -2.25. The molecule has 92 valence electrons. The van der Waals surface area contributed by atoms with Crippen LogP contribution in [0.3, 0.4) is 0 Å². The van der Waals surface area contributed by atoms with Gasteiger partial charge in [0.25, 0.3) is 0 Å². The van der Waals surface area contributed by atoms with E-state index in [4.69, 9.17) is 5.26 Å². The Balaban J connectivity index is 3.14. The molecule has 0 aliphatic carbocycles. The number of nitrogens with zero attached hydrogens (tertiary/aromatic N) is 2. The monoisotopic (exact) mass is 238 g/mol. The average molecular weight is 238 g/mol. The van der Waals surface area contributed by atoms with E-state index in [1.807, 2.05) is 20.8 Å². The summed E-state index contributed by atoms with van der Waals surface area (Å²) in [5.41, 5.74) is -0.0375. The molecular formula is C13H16F2N2. The van der Waals surface area contributed by atoms with Gasteiger partial charge in [0.05, 0.1) is 11.3 Å². The van der Waals surface area contributed by atoms with Crippen molar-refractivity contribution in [2.24, 2.45) is 5.92 Å². The largest absolute Gasteiger partial charge is 0.369 e. The maximum Gasteiger partial charge on any atom is 0.183 e. The van der Waals surface area contributed by atoms with Crippen LogP contribution < -0.4 is 4.90 Å². The summed E-state index contributed by atoms with van der Waals surface area (Å²) < 4.78 is 27.2. The SMILES string of the molecule is CCN(CC(C)C)c1ccc(C#N)c(F)c1F. The van der Waals surface area contributed by atoms with Crippen LogP contribution in [0.4, 0.5) is 14.5 Å². The Hall–Kier alpha value is -1.63. The van der Waals surface area contributed by atoms with Crippen molar-refractivity contribution in [3.8, 4) is 6.07 Å². The number of nitriles is 1. The molecule has 1 rings (SSSR count). The van der Waals surface area contributed by atoms with E-state index in [1.54, 1.807) is 11.0 Å². The number of benzene rings is 1. The highest BCUT2D eigenvalue weighted by molar-refractivity contribution is 5.52. The normalized spacial score (nSPS) is 10.4. The summed E-state index contributed by atoms with van der Waals surface area (Å²) in [6, 6.07) is 4.40. The van der Waals surface area contributed by atoms with Crippen molar-refractivity contribution in [1.29, 1.82) is 5.26 Å². The molecule has 0 heterocycles. The molecule has 0 fully saturated rings. The minimum atomic E-state index is -1.06. The molecule has 0 aliphatic rings. The maximum absolute atomic E-state index is 13.8. The number of rotatable bonds is 4. The molecule has 2 nitrogen and oxygen atoms in total. The third-order valence-corrected chi connectivity index (χ3v) is 2.49. The van der Waals surface area contributed by atoms with E-state index < -0.39 is 11.6 Å². The fourth-order valence-electron chi connectivity index (χ4n) is 1.71. The van der Waals surface area contributed by atoms with Gasteiger partial charge in [-0.25, -0.2) is 8.78 Å². The van der Waals surface area contributed by atoms with Crippen LogP contribution in [-0.2, 0) is 0 Å². The molecule has 4 heteroatoms. The molecule has 17 heavy (non-hydrogen) atoms. The van der Waals surface area contributed by atoms with Crippen molar-refractivity contribution < 1.29 is 8.78 Å². The Kier molecular flexibility index (Phi) is 4.45. The Labute approximate surface area is 100 Å². The molecule has 1 aromatic carbocycles. The Bertz CT molecular complexity index is 436. The Morgan fingerprint density at radius 3 is 2.41 bits per heavy atom. The van der Waals surface area contributed by atoms with E-state index in [0.717, 1.165) is 0 Å². The van der Waals surface area contributed by atoms with Gasteiger partial charge in [-0.1, -0.05) is 13.8 Å². The van der Waals surface area contributed by atoms with Gasteiger partial charge in [0.1, 0.15) is 6.07 Å². The fourth-order valence-corrected chi connectivity index (χ4v) is 1.71. The van der Waals surface area contributed by atoms with E-state index in [1.165, 1.54) is 12.1 Å². The van der Waals surface area contributed by atoms with Crippen molar-refractivity contribution in [1.82, 2.24) is 0 Å². The highest BCUT2D eigenvalue weighted by Crippen LogP contribution is 2.24. The van der Waals surface area contributed by atoms with Crippen molar-refractivity contribution in [3.05, 3.63) is 29.3 Å². The van der Waals surface area contributed by atoms with Gasteiger partial charge < -0.3 is 4.90 Å². The van der Waals surface area contributed by atoms with Crippen molar-refractivity contribution in [3.63, 3.8) is 0 Å². The molecule has 0 aliphatic heterocycles. The van der Waals surface area contributed by atoms with Gasteiger partial charge >= 0.3 is 0 Å². The standard InChI is InChI=1S/C13H16F2N2/c1-4-17(8-9(2)3)11-6-5-10(7-16)12(14)13(11)15/h5-6,9H,4,8H2,1-3H3. The summed E-state index contributed by atoms with van der Waals surface area (Å²) >= 11 is 0. The summed E-state index contributed by atoms with van der Waals surface area (Å²) in [5, 5.41) is 8.60. The first-order chi connectivity index (χ1) is 8.01. The molecule has 0 amide bonds. The first-order valence-electron chi connectivity index (χ1n) is 5.64. The van der Waals surface area contributed by atoms with Crippen molar-refractivity contribution in [2.45, 2.75) is 20.8 Å². The molecule has 0 spiro atoms. The number of hydrogen-bond acceptors (Lipinski definition) is 2. The van der Waals surface area contributed by atoms with Gasteiger partial charge in [-0.05, 0) is 25.0 Å². The van der Waals surface area contributed by atoms with Gasteiger partial charge in [-0.2, -0.15) is 5.26 Å². The minimum absolute atomic E-state index is 0.220. The van der Waals surface area contributed by atoms with Gasteiger partial charge in [-0.15, -0.1) is 0 Å². The quantitative estimate of drug-likeness (QED) is 0.804. The van der Waals surface area contributed by atoms with Crippen LogP contribution in [0.25, 0.3) is 0 Å². The zero-order valence-electron chi connectivity index (χ0n) is 10.3. The molecule has 0 N–H and O–H groups in total. The van der Waals surface area contributed by atoms with Crippen LogP contribution in [0.15, 0.2) is 12.1 Å². The lowest BCUT2D eigenvalue weighted by molar-refractivity contribution is 0.500. The van der Waals surface area contributed by atoms with Gasteiger partial charge in [0.15, 0.2) is 11.6 Å². The first-order valence-corrected chi connectivity index (χ1v) is 5.64. The second-order valence-electron chi connectivity index (χ2n) is 4.30. The van der Waals surface area contributed by atoms with Crippen molar-refractivity contribution in [2.75, 3.05) is 18.0 Å². The van der Waals surface area contributed by atoms with Gasteiger partial charge in [-0.3, -0.25) is 0 Å². The molecule has 0 saturated heterocycles. The van der Waals surface area contributed by atoms with Gasteiger partial charge in [0, 0.05) is 13.1 Å². The predicted molar refractivity (Wildman–Crippen MR) is 63.8 cm³/mol. The third kappa shape index (κ3) is 2.94. The average Bonchev–Trinajstić information content (AvgIpc) is 2.29. The zero-order valence-corrected chi connectivity index (χ0v) is 10.3. The summed E-state index contributed by atoms with van der Waals surface area (Å²) in [6.45, 7) is 7.16. The molecule has 0 saturated carbocycles. The van der Waals surface area contributed by atoms with Gasteiger partial charge in [0.2, 0.25) is 0 Å². The van der Waals surface area contributed by atoms with Crippen molar-refractivity contribution >= 4 is 5.69 Å². The summed E-state index contributed by atoms with van der Waals surface area (Å²) in [6.07, 6.45) is 0. The lowest BCUT2D eigenvalue weighted by Crippen LogP contribution is -2.28. The van der Waals surface area contributed by atoms with E-state index >= 15 is 0 Å². The molecule has 0 aromatic heterocycles. The van der Waals surface area contributed by atoms with Crippen LogP contribution in [0.2, 0.25) is 0 Å². The molecule has 0 unspecified atom stereocenters.